The molecule has 1 aromatic carbocycles. The van der Waals surface area contributed by atoms with E-state index in [1.54, 1.807) is 5.38 Å². The van der Waals surface area contributed by atoms with Crippen LogP contribution in [-0.2, 0) is 6.42 Å². The van der Waals surface area contributed by atoms with Gasteiger partial charge in [0.1, 0.15) is 5.56 Å². The summed E-state index contributed by atoms with van der Waals surface area (Å²) in [6, 6.07) is 1.44. The molecule has 0 fully saturated rings. The molecule has 0 saturated heterocycles. The van der Waals surface area contributed by atoms with E-state index in [1.165, 1.54) is 6.07 Å². The first-order chi connectivity index (χ1) is 9.86. The van der Waals surface area contributed by atoms with Crippen LogP contribution in [0.3, 0.4) is 0 Å². The lowest BCUT2D eigenvalue weighted by atomic mass is 10.1. The number of hydrogen-bond donors (Lipinski definition) is 0. The van der Waals surface area contributed by atoms with E-state index in [2.05, 4.69) is 4.74 Å². The summed E-state index contributed by atoms with van der Waals surface area (Å²) in [6.45, 7) is 1.83. The van der Waals surface area contributed by atoms with Crippen LogP contribution < -0.4 is 4.74 Å². The molecule has 0 amide bonds. The highest BCUT2D eigenvalue weighted by Gasteiger charge is 2.31. The van der Waals surface area contributed by atoms with Crippen molar-refractivity contribution in [1.82, 2.24) is 0 Å². The Morgan fingerprint density at radius 2 is 1.57 bits per heavy atom. The number of thiophene rings is 1. The molecular weight excluding hydrogens is 315 g/mol. The number of aryl methyl sites for hydroxylation is 1. The molecule has 1 heterocycles. The van der Waals surface area contributed by atoms with E-state index in [9.17, 15) is 26.7 Å². The number of carbonyl (C=O) groups excluding carboxylic acids is 1. The zero-order valence-corrected chi connectivity index (χ0v) is 11.3. The summed E-state index contributed by atoms with van der Waals surface area (Å²) in [7, 11) is 0. The Morgan fingerprint density at radius 1 is 1.05 bits per heavy atom. The topological polar surface area (TPSA) is 26.3 Å². The minimum Gasteiger partial charge on any atom is -0.412 e. The second-order valence-electron chi connectivity index (χ2n) is 3.96. The van der Waals surface area contributed by atoms with Gasteiger partial charge in [0.05, 0.1) is 0 Å². The molecule has 0 aliphatic carbocycles. The number of esters is 1. The molecule has 2 aromatic rings. The molecule has 2 nitrogen and oxygen atoms in total. The Bertz CT molecular complexity index is 682. The number of hydrogen-bond acceptors (Lipinski definition) is 3. The number of ether oxygens (including phenoxy) is 1. The van der Waals surface area contributed by atoms with Crippen LogP contribution in [0.5, 0.6) is 5.06 Å². The van der Waals surface area contributed by atoms with Crippen LogP contribution in [0.25, 0.3) is 0 Å². The fourth-order valence-electron chi connectivity index (χ4n) is 1.52. The zero-order valence-electron chi connectivity index (χ0n) is 10.5. The van der Waals surface area contributed by atoms with E-state index in [-0.39, 0.29) is 5.06 Å². The van der Waals surface area contributed by atoms with Gasteiger partial charge in [-0.2, -0.15) is 0 Å². The first-order valence-corrected chi connectivity index (χ1v) is 6.55. The third-order valence-corrected chi connectivity index (χ3v) is 3.50. The fourth-order valence-corrected chi connectivity index (χ4v) is 2.36. The van der Waals surface area contributed by atoms with Crippen LogP contribution in [0.2, 0.25) is 0 Å². The fraction of sp³-hybridized carbons (Fsp3) is 0.154. The van der Waals surface area contributed by atoms with Crippen LogP contribution in [0.4, 0.5) is 22.0 Å². The highest BCUT2D eigenvalue weighted by molar-refractivity contribution is 7.12. The average Bonchev–Trinajstić information content (AvgIpc) is 2.90. The van der Waals surface area contributed by atoms with Crippen molar-refractivity contribution in [3.05, 3.63) is 51.7 Å². The second kappa shape index (κ2) is 5.80. The van der Waals surface area contributed by atoms with Gasteiger partial charge in [-0.1, -0.05) is 6.92 Å². The van der Waals surface area contributed by atoms with E-state index >= 15 is 0 Å². The normalized spacial score (nSPS) is 10.8. The van der Waals surface area contributed by atoms with Gasteiger partial charge in [0.25, 0.3) is 0 Å². The van der Waals surface area contributed by atoms with Crippen molar-refractivity contribution in [3.8, 4) is 5.06 Å². The molecule has 0 aliphatic rings. The minimum absolute atomic E-state index is 0.000733. The molecule has 1 aromatic heterocycles. The van der Waals surface area contributed by atoms with Gasteiger partial charge < -0.3 is 4.74 Å². The largest absolute Gasteiger partial charge is 0.412 e. The molecule has 0 radical (unpaired) electrons. The predicted octanol–water partition coefficient (Wildman–Crippen LogP) is 4.23. The van der Waals surface area contributed by atoms with Crippen LogP contribution in [-0.4, -0.2) is 5.97 Å². The number of benzene rings is 1. The molecule has 0 atom stereocenters. The van der Waals surface area contributed by atoms with Crippen LogP contribution >= 0.6 is 11.3 Å². The van der Waals surface area contributed by atoms with Gasteiger partial charge in [0.2, 0.25) is 5.82 Å². The Hall–Kier alpha value is -1.96. The van der Waals surface area contributed by atoms with Crippen molar-refractivity contribution in [2.24, 2.45) is 0 Å². The molecule has 0 N–H and O–H groups in total. The monoisotopic (exact) mass is 322 g/mol. The first kappa shape index (κ1) is 15.4. The summed E-state index contributed by atoms with van der Waals surface area (Å²) in [5.74, 6) is -12.8. The Kier molecular flexibility index (Phi) is 4.26. The Morgan fingerprint density at radius 3 is 2.05 bits per heavy atom. The van der Waals surface area contributed by atoms with Gasteiger partial charge in [-0.05, 0) is 23.4 Å². The summed E-state index contributed by atoms with van der Waals surface area (Å²) < 4.78 is 70.3. The van der Waals surface area contributed by atoms with Gasteiger partial charge in [0.15, 0.2) is 28.3 Å². The molecule has 21 heavy (non-hydrogen) atoms. The first-order valence-electron chi connectivity index (χ1n) is 5.67. The summed E-state index contributed by atoms with van der Waals surface area (Å²) in [4.78, 5) is 11.6. The molecule has 0 bridgehead atoms. The van der Waals surface area contributed by atoms with E-state index in [4.69, 9.17) is 0 Å². The lowest BCUT2D eigenvalue weighted by Crippen LogP contribution is -2.17. The van der Waals surface area contributed by atoms with Crippen molar-refractivity contribution in [1.29, 1.82) is 0 Å². The van der Waals surface area contributed by atoms with Crippen molar-refractivity contribution >= 4 is 17.3 Å². The van der Waals surface area contributed by atoms with E-state index in [0.29, 0.717) is 6.42 Å². The van der Waals surface area contributed by atoms with Gasteiger partial charge in [-0.15, -0.1) is 11.3 Å². The average molecular weight is 322 g/mol. The van der Waals surface area contributed by atoms with Crippen LogP contribution in [0.15, 0.2) is 11.4 Å². The molecule has 8 heteroatoms. The molecule has 0 spiro atoms. The third-order valence-electron chi connectivity index (χ3n) is 2.65. The lowest BCUT2D eigenvalue weighted by molar-refractivity contribution is 0.0727. The van der Waals surface area contributed by atoms with Gasteiger partial charge in [-0.3, -0.25) is 0 Å². The van der Waals surface area contributed by atoms with Crippen molar-refractivity contribution in [3.63, 3.8) is 0 Å². The maximum Gasteiger partial charge on any atom is 0.350 e. The number of halogens is 5. The zero-order chi connectivity index (χ0) is 15.7. The van der Waals surface area contributed by atoms with E-state index < -0.39 is 40.6 Å². The van der Waals surface area contributed by atoms with Crippen molar-refractivity contribution < 1.29 is 31.5 Å². The summed E-state index contributed by atoms with van der Waals surface area (Å²) in [5.41, 5.74) is -0.807. The summed E-state index contributed by atoms with van der Waals surface area (Å²) in [6.07, 6.45) is 0.635. The minimum atomic E-state index is -2.33. The molecule has 0 unspecified atom stereocenters. The second-order valence-corrected chi connectivity index (χ2v) is 4.84. The highest BCUT2D eigenvalue weighted by Crippen LogP contribution is 2.27. The van der Waals surface area contributed by atoms with E-state index in [1.807, 2.05) is 6.92 Å². The van der Waals surface area contributed by atoms with Crippen molar-refractivity contribution in [2.45, 2.75) is 13.3 Å². The maximum absolute atomic E-state index is 13.4. The van der Waals surface area contributed by atoms with Gasteiger partial charge >= 0.3 is 5.97 Å². The molecular formula is C13H7F5O2S. The van der Waals surface area contributed by atoms with E-state index in [0.717, 1.165) is 16.9 Å². The maximum atomic E-state index is 13.4. The lowest BCUT2D eigenvalue weighted by Gasteiger charge is -2.07. The summed E-state index contributed by atoms with van der Waals surface area (Å²) in [5, 5.41) is 1.64. The van der Waals surface area contributed by atoms with Crippen molar-refractivity contribution in [2.75, 3.05) is 0 Å². The number of carbonyl (C=O) groups is 1. The number of rotatable bonds is 3. The molecule has 112 valence electrons. The summed E-state index contributed by atoms with van der Waals surface area (Å²) >= 11 is 0.971. The smallest absolute Gasteiger partial charge is 0.350 e. The van der Waals surface area contributed by atoms with Crippen LogP contribution in [0, 0.1) is 29.1 Å². The highest BCUT2D eigenvalue weighted by atomic mass is 32.1. The van der Waals surface area contributed by atoms with Gasteiger partial charge in [-0.25, -0.2) is 26.7 Å². The van der Waals surface area contributed by atoms with Crippen LogP contribution in [0.1, 0.15) is 22.8 Å². The third kappa shape index (κ3) is 2.76. The quantitative estimate of drug-likeness (QED) is 0.366. The molecule has 0 aliphatic heterocycles. The Labute approximate surface area is 119 Å². The van der Waals surface area contributed by atoms with Gasteiger partial charge in [0, 0.05) is 0 Å². The standard InChI is InChI=1S/C13H7F5O2S/c1-2-5-3-6(21-4-5)20-13(19)7-8(14)10(16)12(18)11(17)9(7)15/h3-4H,2H2,1H3. The predicted molar refractivity (Wildman–Crippen MR) is 64.9 cm³/mol. The molecule has 2 rings (SSSR count). The Balaban J connectivity index is 2.39. The molecule has 0 saturated carbocycles. The SMILES string of the molecule is CCc1csc(OC(=O)c2c(F)c(F)c(F)c(F)c2F)c1.